The highest BCUT2D eigenvalue weighted by Gasteiger charge is 2.33. The molecule has 27 heavy (non-hydrogen) atoms. The number of sulfonamides is 1. The molecule has 10 heteroatoms. The standard InChI is InChI=1S/C17H26N6O3S/c1-5-21-12-16(13(3)19-21)27(25,26)22-9-7-20(8-10-22)17(24)15-11-18-23(6-2)14(15)4/h11-12H,5-10H2,1-4H3. The summed E-state index contributed by atoms with van der Waals surface area (Å²) in [5.74, 6) is -0.0979. The van der Waals surface area contributed by atoms with Crippen molar-refractivity contribution in [1.29, 1.82) is 0 Å². The van der Waals surface area contributed by atoms with E-state index in [9.17, 15) is 13.2 Å². The second-order valence-electron chi connectivity index (χ2n) is 6.59. The van der Waals surface area contributed by atoms with Gasteiger partial charge in [0.1, 0.15) is 4.90 Å². The van der Waals surface area contributed by atoms with Crippen molar-refractivity contribution in [3.05, 3.63) is 29.3 Å². The molecule has 148 valence electrons. The fraction of sp³-hybridized carbons (Fsp3) is 0.588. The summed E-state index contributed by atoms with van der Waals surface area (Å²) in [7, 11) is -3.61. The second-order valence-corrected chi connectivity index (χ2v) is 8.50. The largest absolute Gasteiger partial charge is 0.336 e. The molecule has 0 spiro atoms. The van der Waals surface area contributed by atoms with Crippen LogP contribution in [-0.2, 0) is 23.1 Å². The molecule has 3 heterocycles. The van der Waals surface area contributed by atoms with Gasteiger partial charge in [-0.15, -0.1) is 0 Å². The Morgan fingerprint density at radius 2 is 1.78 bits per heavy atom. The van der Waals surface area contributed by atoms with Crippen LogP contribution < -0.4 is 0 Å². The summed E-state index contributed by atoms with van der Waals surface area (Å²) in [6.07, 6.45) is 3.16. The highest BCUT2D eigenvalue weighted by molar-refractivity contribution is 7.89. The van der Waals surface area contributed by atoms with Crippen LogP contribution in [0.4, 0.5) is 0 Å². The van der Waals surface area contributed by atoms with Crippen molar-refractivity contribution >= 4 is 15.9 Å². The quantitative estimate of drug-likeness (QED) is 0.751. The minimum atomic E-state index is -3.61. The van der Waals surface area contributed by atoms with Crippen LogP contribution in [0, 0.1) is 13.8 Å². The third-order valence-corrected chi connectivity index (χ3v) is 7.00. The Balaban J connectivity index is 1.71. The summed E-state index contributed by atoms with van der Waals surface area (Å²) in [6.45, 7) is 10.0. The van der Waals surface area contributed by atoms with Gasteiger partial charge in [-0.1, -0.05) is 0 Å². The molecule has 0 radical (unpaired) electrons. The number of piperazine rings is 1. The molecule has 0 aromatic carbocycles. The van der Waals surface area contributed by atoms with Gasteiger partial charge in [0.05, 0.1) is 17.5 Å². The Hall–Kier alpha value is -2.20. The van der Waals surface area contributed by atoms with Gasteiger partial charge in [-0.2, -0.15) is 14.5 Å². The molecule has 0 unspecified atom stereocenters. The summed E-state index contributed by atoms with van der Waals surface area (Å²) < 4.78 is 30.7. The number of carbonyl (C=O) groups excluding carboxylic acids is 1. The first kappa shape index (κ1) is 19.6. The highest BCUT2D eigenvalue weighted by atomic mass is 32.2. The molecule has 0 atom stereocenters. The minimum Gasteiger partial charge on any atom is -0.336 e. The lowest BCUT2D eigenvalue weighted by molar-refractivity contribution is 0.0697. The molecule has 1 fully saturated rings. The van der Waals surface area contributed by atoms with Gasteiger partial charge >= 0.3 is 0 Å². The van der Waals surface area contributed by atoms with Crippen LogP contribution in [0.2, 0.25) is 0 Å². The van der Waals surface area contributed by atoms with Crippen LogP contribution in [0.15, 0.2) is 17.3 Å². The molecule has 2 aromatic heterocycles. The van der Waals surface area contributed by atoms with Crippen molar-refractivity contribution < 1.29 is 13.2 Å². The smallest absolute Gasteiger partial charge is 0.257 e. The van der Waals surface area contributed by atoms with Gasteiger partial charge in [-0.25, -0.2) is 8.42 Å². The van der Waals surface area contributed by atoms with E-state index in [1.165, 1.54) is 4.31 Å². The van der Waals surface area contributed by atoms with Crippen LogP contribution in [0.1, 0.15) is 35.6 Å². The third kappa shape index (κ3) is 3.51. The number of rotatable bonds is 5. The number of aryl methyl sites for hydroxylation is 3. The van der Waals surface area contributed by atoms with Gasteiger partial charge in [0.15, 0.2) is 0 Å². The number of hydrogen-bond donors (Lipinski definition) is 0. The van der Waals surface area contributed by atoms with E-state index in [0.717, 1.165) is 5.69 Å². The Morgan fingerprint density at radius 1 is 1.11 bits per heavy atom. The van der Waals surface area contributed by atoms with E-state index >= 15 is 0 Å². The molecular formula is C17H26N6O3S. The monoisotopic (exact) mass is 394 g/mol. The predicted octanol–water partition coefficient (Wildman–Crippen LogP) is 0.883. The molecule has 1 saturated heterocycles. The fourth-order valence-electron chi connectivity index (χ4n) is 3.33. The van der Waals surface area contributed by atoms with Crippen molar-refractivity contribution in [1.82, 2.24) is 28.8 Å². The van der Waals surface area contributed by atoms with Crippen molar-refractivity contribution in [3.63, 3.8) is 0 Å². The summed E-state index contributed by atoms with van der Waals surface area (Å²) in [5, 5.41) is 8.45. The zero-order valence-corrected chi connectivity index (χ0v) is 17.0. The van der Waals surface area contributed by atoms with Crippen molar-refractivity contribution in [2.45, 2.75) is 45.7 Å². The molecule has 0 N–H and O–H groups in total. The van der Waals surface area contributed by atoms with E-state index in [4.69, 9.17) is 0 Å². The maximum Gasteiger partial charge on any atom is 0.257 e. The number of amides is 1. The Labute approximate surface area is 159 Å². The van der Waals surface area contributed by atoms with Gasteiger partial charge < -0.3 is 4.90 Å². The van der Waals surface area contributed by atoms with Crippen LogP contribution in [-0.4, -0.2) is 69.3 Å². The molecule has 1 aliphatic rings. The Bertz CT molecular complexity index is 938. The van der Waals surface area contributed by atoms with E-state index < -0.39 is 10.0 Å². The van der Waals surface area contributed by atoms with Gasteiger partial charge in [0.25, 0.3) is 5.91 Å². The maximum absolute atomic E-state index is 12.9. The number of aromatic nitrogens is 4. The van der Waals surface area contributed by atoms with Crippen LogP contribution >= 0.6 is 0 Å². The van der Waals surface area contributed by atoms with Crippen LogP contribution in [0.5, 0.6) is 0 Å². The van der Waals surface area contributed by atoms with Crippen LogP contribution in [0.3, 0.4) is 0 Å². The molecule has 1 aliphatic heterocycles. The van der Waals surface area contributed by atoms with Gasteiger partial charge in [-0.05, 0) is 27.7 Å². The lowest BCUT2D eigenvalue weighted by Gasteiger charge is -2.33. The highest BCUT2D eigenvalue weighted by Crippen LogP contribution is 2.21. The lowest BCUT2D eigenvalue weighted by Crippen LogP contribution is -2.50. The molecule has 0 bridgehead atoms. The maximum atomic E-state index is 12.9. The number of nitrogens with zero attached hydrogens (tertiary/aromatic N) is 6. The van der Waals surface area contributed by atoms with E-state index in [1.54, 1.807) is 33.6 Å². The normalized spacial score (nSPS) is 16.1. The zero-order valence-electron chi connectivity index (χ0n) is 16.2. The number of carbonyl (C=O) groups is 1. The van der Waals surface area contributed by atoms with Crippen molar-refractivity contribution in [2.75, 3.05) is 26.2 Å². The summed E-state index contributed by atoms with van der Waals surface area (Å²) in [4.78, 5) is 14.7. The topological polar surface area (TPSA) is 93.3 Å². The van der Waals surface area contributed by atoms with Gasteiger partial charge in [0, 0.05) is 51.2 Å². The lowest BCUT2D eigenvalue weighted by atomic mass is 10.2. The van der Waals surface area contributed by atoms with E-state index in [0.29, 0.717) is 37.4 Å². The first-order valence-electron chi connectivity index (χ1n) is 9.15. The first-order valence-corrected chi connectivity index (χ1v) is 10.6. The minimum absolute atomic E-state index is 0.0979. The van der Waals surface area contributed by atoms with E-state index in [1.807, 2.05) is 20.8 Å². The second kappa shape index (κ2) is 7.43. The van der Waals surface area contributed by atoms with E-state index in [-0.39, 0.29) is 23.9 Å². The molecule has 0 aliphatic carbocycles. The Kier molecular flexibility index (Phi) is 5.38. The molecular weight excluding hydrogens is 368 g/mol. The number of hydrogen-bond acceptors (Lipinski definition) is 5. The summed E-state index contributed by atoms with van der Waals surface area (Å²) in [5.41, 5.74) is 1.91. The predicted molar refractivity (Wildman–Crippen MR) is 99.9 cm³/mol. The molecule has 2 aromatic rings. The van der Waals surface area contributed by atoms with Gasteiger partial charge in [-0.3, -0.25) is 14.2 Å². The third-order valence-electron chi connectivity index (χ3n) is 5.00. The fourth-order valence-corrected chi connectivity index (χ4v) is 4.92. The summed E-state index contributed by atoms with van der Waals surface area (Å²) >= 11 is 0. The molecule has 9 nitrogen and oxygen atoms in total. The van der Waals surface area contributed by atoms with Gasteiger partial charge in [0.2, 0.25) is 10.0 Å². The zero-order chi connectivity index (χ0) is 19.8. The van der Waals surface area contributed by atoms with Crippen molar-refractivity contribution in [2.24, 2.45) is 0 Å². The average molecular weight is 395 g/mol. The SMILES string of the molecule is CCn1cc(S(=O)(=O)N2CCN(C(=O)c3cnn(CC)c3C)CC2)c(C)n1. The Morgan fingerprint density at radius 3 is 2.30 bits per heavy atom. The van der Waals surface area contributed by atoms with E-state index in [2.05, 4.69) is 10.2 Å². The van der Waals surface area contributed by atoms with Crippen molar-refractivity contribution in [3.8, 4) is 0 Å². The summed E-state index contributed by atoms with van der Waals surface area (Å²) in [6, 6.07) is 0. The average Bonchev–Trinajstić information content (AvgIpc) is 3.23. The molecule has 0 saturated carbocycles. The molecule has 1 amide bonds. The van der Waals surface area contributed by atoms with Crippen LogP contribution in [0.25, 0.3) is 0 Å². The molecule has 3 rings (SSSR count). The first-order chi connectivity index (χ1) is 12.8.